The summed E-state index contributed by atoms with van der Waals surface area (Å²) in [6.45, 7) is 3.77. The Bertz CT molecular complexity index is 1030. The van der Waals surface area contributed by atoms with Crippen molar-refractivity contribution in [3.63, 3.8) is 0 Å². The SMILES string of the molecule is COCNNc1ccc(NS(=O)(=O)c2cccc(NC(=O)CCSCCN3CCCCC3)c2)cc1. The number of hydrazine groups is 1. The molecule has 1 aliphatic rings. The maximum Gasteiger partial charge on any atom is 0.261 e. The van der Waals surface area contributed by atoms with Crippen LogP contribution in [0.25, 0.3) is 0 Å². The number of carbonyl (C=O) groups excluding carboxylic acids is 1. The van der Waals surface area contributed by atoms with Crippen LogP contribution in [0.2, 0.25) is 0 Å². The third kappa shape index (κ3) is 9.69. The van der Waals surface area contributed by atoms with E-state index in [4.69, 9.17) is 4.74 Å². The molecular weight excluding hydrogens is 486 g/mol. The number of sulfonamides is 1. The van der Waals surface area contributed by atoms with Gasteiger partial charge in [0.1, 0.15) is 6.73 Å². The van der Waals surface area contributed by atoms with Crippen molar-refractivity contribution in [1.82, 2.24) is 10.3 Å². The van der Waals surface area contributed by atoms with Crippen LogP contribution < -0.4 is 20.9 Å². The smallest absolute Gasteiger partial charge is 0.261 e. The van der Waals surface area contributed by atoms with E-state index in [1.165, 1.54) is 44.5 Å². The van der Waals surface area contributed by atoms with Crippen LogP contribution in [0.5, 0.6) is 0 Å². The number of nitrogens with zero attached hydrogens (tertiary/aromatic N) is 1. The summed E-state index contributed by atoms with van der Waals surface area (Å²) in [6.07, 6.45) is 4.29. The second kappa shape index (κ2) is 14.3. The van der Waals surface area contributed by atoms with E-state index in [2.05, 4.69) is 25.8 Å². The van der Waals surface area contributed by atoms with Gasteiger partial charge in [-0.05, 0) is 68.4 Å². The zero-order valence-corrected chi connectivity index (χ0v) is 21.7. The number of likely N-dealkylation sites (tertiary alicyclic amines) is 1. The van der Waals surface area contributed by atoms with E-state index in [1.807, 2.05) is 0 Å². The Morgan fingerprint density at radius 2 is 1.74 bits per heavy atom. The van der Waals surface area contributed by atoms with Crippen molar-refractivity contribution in [2.24, 2.45) is 0 Å². The molecule has 0 atom stereocenters. The van der Waals surface area contributed by atoms with E-state index in [9.17, 15) is 13.2 Å². The predicted octanol–water partition coefficient (Wildman–Crippen LogP) is 3.56. The summed E-state index contributed by atoms with van der Waals surface area (Å²) < 4.78 is 33.1. The summed E-state index contributed by atoms with van der Waals surface area (Å²) in [6, 6.07) is 13.1. The van der Waals surface area contributed by atoms with E-state index in [-0.39, 0.29) is 10.8 Å². The Morgan fingerprint density at radius 3 is 2.49 bits per heavy atom. The maximum atomic E-state index is 12.8. The minimum absolute atomic E-state index is 0.0789. The molecule has 1 aliphatic heterocycles. The lowest BCUT2D eigenvalue weighted by Gasteiger charge is -2.26. The zero-order chi connectivity index (χ0) is 24.9. The van der Waals surface area contributed by atoms with Gasteiger partial charge in [-0.3, -0.25) is 9.52 Å². The highest BCUT2D eigenvalue weighted by Gasteiger charge is 2.15. The minimum Gasteiger partial charge on any atom is -0.368 e. The number of amides is 1. The van der Waals surface area contributed by atoms with Crippen molar-refractivity contribution in [2.75, 3.05) is 60.4 Å². The molecule has 35 heavy (non-hydrogen) atoms. The van der Waals surface area contributed by atoms with Crippen LogP contribution in [0.4, 0.5) is 17.1 Å². The van der Waals surface area contributed by atoms with E-state index < -0.39 is 10.0 Å². The highest BCUT2D eigenvalue weighted by Crippen LogP contribution is 2.21. The molecule has 4 N–H and O–H groups in total. The fourth-order valence-corrected chi connectivity index (χ4v) is 5.68. The molecule has 0 bridgehead atoms. The number of rotatable bonds is 14. The fourth-order valence-electron chi connectivity index (χ4n) is 3.65. The average molecular weight is 522 g/mol. The molecule has 2 aromatic rings. The van der Waals surface area contributed by atoms with Crippen LogP contribution in [0.3, 0.4) is 0 Å². The van der Waals surface area contributed by atoms with Crippen LogP contribution in [0.1, 0.15) is 25.7 Å². The molecule has 1 heterocycles. The van der Waals surface area contributed by atoms with E-state index in [0.717, 1.165) is 23.7 Å². The number of carbonyl (C=O) groups is 1. The van der Waals surface area contributed by atoms with Crippen LogP contribution in [0, 0.1) is 0 Å². The number of methoxy groups -OCH3 is 1. The summed E-state index contributed by atoms with van der Waals surface area (Å²) in [4.78, 5) is 14.9. The first-order chi connectivity index (χ1) is 17.0. The zero-order valence-electron chi connectivity index (χ0n) is 20.1. The second-order valence-electron chi connectivity index (χ2n) is 8.26. The van der Waals surface area contributed by atoms with E-state index >= 15 is 0 Å². The van der Waals surface area contributed by atoms with Gasteiger partial charge in [-0.25, -0.2) is 13.8 Å². The lowest BCUT2D eigenvalue weighted by molar-refractivity contribution is -0.115. The number of nitrogens with one attached hydrogen (secondary N) is 4. The molecule has 0 unspecified atom stereocenters. The average Bonchev–Trinajstić information content (AvgIpc) is 2.86. The normalized spacial score (nSPS) is 14.4. The van der Waals surface area contributed by atoms with Crippen molar-refractivity contribution >= 4 is 44.8 Å². The maximum absolute atomic E-state index is 12.8. The first kappa shape index (κ1) is 27.3. The number of ether oxygens (including phenoxy) is 1. The first-order valence-electron chi connectivity index (χ1n) is 11.8. The monoisotopic (exact) mass is 521 g/mol. The Hall–Kier alpha value is -2.31. The lowest BCUT2D eigenvalue weighted by atomic mass is 10.1. The molecule has 1 saturated heterocycles. The van der Waals surface area contributed by atoms with E-state index in [1.54, 1.807) is 55.3 Å². The first-order valence-corrected chi connectivity index (χ1v) is 14.4. The van der Waals surface area contributed by atoms with Gasteiger partial charge in [-0.15, -0.1) is 0 Å². The molecule has 0 aliphatic carbocycles. The number of hydrogen-bond acceptors (Lipinski definition) is 8. The van der Waals surface area contributed by atoms with Gasteiger partial charge in [0.05, 0.1) is 4.90 Å². The summed E-state index contributed by atoms with van der Waals surface area (Å²) in [5.41, 5.74) is 7.43. The third-order valence-corrected chi connectivity index (χ3v) is 7.83. The largest absolute Gasteiger partial charge is 0.368 e. The van der Waals surface area contributed by atoms with Crippen molar-refractivity contribution in [3.05, 3.63) is 48.5 Å². The van der Waals surface area contributed by atoms with Crippen molar-refractivity contribution in [3.8, 4) is 0 Å². The van der Waals surface area contributed by atoms with Gasteiger partial charge in [-0.2, -0.15) is 11.8 Å². The highest BCUT2D eigenvalue weighted by atomic mass is 32.2. The number of benzene rings is 2. The van der Waals surface area contributed by atoms with Gasteiger partial charge in [-0.1, -0.05) is 12.5 Å². The molecule has 1 fully saturated rings. The lowest BCUT2D eigenvalue weighted by Crippen LogP contribution is -2.31. The number of anilines is 3. The van der Waals surface area contributed by atoms with Crippen LogP contribution in [0.15, 0.2) is 53.4 Å². The molecule has 11 heteroatoms. The standard InChI is InChI=1S/C24H35N5O4S2/c1-33-19-25-27-20-8-10-21(11-9-20)28-35(31,32)23-7-5-6-22(18-23)26-24(30)12-16-34-17-15-29-13-3-2-4-14-29/h5-11,18,25,27-28H,2-4,12-17,19H2,1H3,(H,26,30). The summed E-state index contributed by atoms with van der Waals surface area (Å²) >= 11 is 1.78. The molecule has 0 saturated carbocycles. The van der Waals surface area contributed by atoms with Crippen LogP contribution in [-0.2, 0) is 19.6 Å². The molecule has 192 valence electrons. The van der Waals surface area contributed by atoms with Gasteiger partial charge >= 0.3 is 0 Å². The molecule has 9 nitrogen and oxygen atoms in total. The summed E-state index contributed by atoms with van der Waals surface area (Å²) in [5.74, 6) is 1.64. The fraction of sp³-hybridized carbons (Fsp3) is 0.458. The van der Waals surface area contributed by atoms with Gasteiger partial charge < -0.3 is 20.4 Å². The van der Waals surface area contributed by atoms with Gasteiger partial charge in [0.2, 0.25) is 5.91 Å². The Morgan fingerprint density at radius 1 is 1.00 bits per heavy atom. The second-order valence-corrected chi connectivity index (χ2v) is 11.2. The van der Waals surface area contributed by atoms with Gasteiger partial charge in [0.25, 0.3) is 10.0 Å². The quantitative estimate of drug-likeness (QED) is 0.170. The van der Waals surface area contributed by atoms with Crippen LogP contribution in [-0.4, -0.2) is 64.2 Å². The van der Waals surface area contributed by atoms with Crippen molar-refractivity contribution in [2.45, 2.75) is 30.6 Å². The summed E-state index contributed by atoms with van der Waals surface area (Å²) in [7, 11) is -2.23. The van der Waals surface area contributed by atoms with Gasteiger partial charge in [0, 0.05) is 48.6 Å². The molecule has 0 radical (unpaired) electrons. The highest BCUT2D eigenvalue weighted by molar-refractivity contribution is 7.99. The van der Waals surface area contributed by atoms with Gasteiger partial charge in [0.15, 0.2) is 0 Å². The Balaban J connectivity index is 1.45. The molecular formula is C24H35N5O4S2. The molecule has 3 rings (SSSR count). The number of hydrogen-bond donors (Lipinski definition) is 4. The Labute approximate surface area is 212 Å². The molecule has 1 amide bonds. The number of piperidine rings is 1. The Kier molecular flexibility index (Phi) is 11.1. The number of thioether (sulfide) groups is 1. The van der Waals surface area contributed by atoms with Crippen LogP contribution >= 0.6 is 11.8 Å². The topological polar surface area (TPSA) is 112 Å². The summed E-state index contributed by atoms with van der Waals surface area (Å²) in [5, 5.41) is 2.81. The molecule has 0 spiro atoms. The third-order valence-electron chi connectivity index (χ3n) is 5.49. The van der Waals surface area contributed by atoms with Crippen molar-refractivity contribution < 1.29 is 17.9 Å². The van der Waals surface area contributed by atoms with E-state index in [0.29, 0.717) is 24.5 Å². The molecule has 0 aromatic heterocycles. The minimum atomic E-state index is -3.81. The van der Waals surface area contributed by atoms with Crippen molar-refractivity contribution in [1.29, 1.82) is 0 Å². The predicted molar refractivity (Wildman–Crippen MR) is 143 cm³/mol. The molecule has 2 aromatic carbocycles.